The minimum atomic E-state index is -0.0284. The van der Waals surface area contributed by atoms with Crippen molar-refractivity contribution in [2.75, 3.05) is 46.0 Å². The number of benzene rings is 1. The monoisotopic (exact) mass is 485 g/mol. The van der Waals surface area contributed by atoms with Crippen LogP contribution in [-0.4, -0.2) is 65.9 Å². The van der Waals surface area contributed by atoms with Gasteiger partial charge >= 0.3 is 0 Å². The van der Waals surface area contributed by atoms with Gasteiger partial charge in [0, 0.05) is 67.2 Å². The van der Waals surface area contributed by atoms with E-state index in [0.29, 0.717) is 12.4 Å². The Morgan fingerprint density at radius 3 is 2.70 bits per heavy atom. The summed E-state index contributed by atoms with van der Waals surface area (Å²) in [4.78, 5) is 24.8. The molecular weight excluding hydrogens is 454 g/mol. The second-order valence-corrected chi connectivity index (χ2v) is 9.70. The third-order valence-corrected chi connectivity index (χ3v) is 7.39. The highest BCUT2D eigenvalue weighted by Gasteiger charge is 2.16. The van der Waals surface area contributed by atoms with E-state index in [4.69, 9.17) is 5.73 Å². The summed E-state index contributed by atoms with van der Waals surface area (Å²) in [7, 11) is 3.99. The first-order valence-corrected chi connectivity index (χ1v) is 11.8. The van der Waals surface area contributed by atoms with Crippen LogP contribution in [0.15, 0.2) is 42.6 Å². The minimum absolute atomic E-state index is 0. The van der Waals surface area contributed by atoms with Crippen LogP contribution in [0.4, 0.5) is 5.82 Å². The fraction of sp³-hybridized carbons (Fsp3) is 0.360. The van der Waals surface area contributed by atoms with Crippen molar-refractivity contribution in [1.82, 2.24) is 19.7 Å². The number of nitrogens with two attached hydrogens (primary N) is 1. The van der Waals surface area contributed by atoms with E-state index >= 15 is 0 Å². The second kappa shape index (κ2) is 11.1. The fourth-order valence-corrected chi connectivity index (χ4v) is 5.23. The number of thiophene rings is 1. The maximum Gasteiger partial charge on any atom is 0.246 e. The van der Waals surface area contributed by atoms with Gasteiger partial charge in [-0.25, -0.2) is 4.98 Å². The third kappa shape index (κ3) is 6.12. The average Bonchev–Trinajstić information content (AvgIpc) is 3.11. The molecule has 1 fully saturated rings. The Morgan fingerprint density at radius 1 is 1.24 bits per heavy atom. The van der Waals surface area contributed by atoms with E-state index in [-0.39, 0.29) is 18.3 Å². The summed E-state index contributed by atoms with van der Waals surface area (Å²) in [6.07, 6.45) is 5.18. The quantitative estimate of drug-likeness (QED) is 0.534. The molecule has 2 N–H and O–H groups in total. The molecule has 0 aliphatic carbocycles. The van der Waals surface area contributed by atoms with Gasteiger partial charge in [0.2, 0.25) is 5.91 Å². The van der Waals surface area contributed by atoms with E-state index in [1.807, 2.05) is 19.2 Å². The lowest BCUT2D eigenvalue weighted by molar-refractivity contribution is -0.125. The molecule has 8 heteroatoms. The van der Waals surface area contributed by atoms with Crippen LogP contribution in [0, 0.1) is 6.92 Å². The van der Waals surface area contributed by atoms with Crippen LogP contribution in [0.25, 0.3) is 16.2 Å². The number of aryl methyl sites for hydroxylation is 1. The number of likely N-dealkylation sites (N-methyl/N-ethyl adjacent to an activating group) is 2. The summed E-state index contributed by atoms with van der Waals surface area (Å²) in [5.41, 5.74) is 9.28. The number of hydrogen-bond acceptors (Lipinski definition) is 6. The van der Waals surface area contributed by atoms with Gasteiger partial charge in [0.1, 0.15) is 5.82 Å². The van der Waals surface area contributed by atoms with Crippen LogP contribution in [-0.2, 0) is 17.9 Å². The van der Waals surface area contributed by atoms with Crippen LogP contribution < -0.4 is 5.73 Å². The summed E-state index contributed by atoms with van der Waals surface area (Å²) in [5, 5.41) is 1.27. The lowest BCUT2D eigenvalue weighted by Gasteiger charge is -2.32. The number of nitrogens with zero attached hydrogens (tertiary/aromatic N) is 4. The molecule has 0 saturated carbocycles. The van der Waals surface area contributed by atoms with Crippen LogP contribution >= 0.6 is 23.7 Å². The number of aromatic nitrogens is 1. The molecule has 1 aromatic carbocycles. The van der Waals surface area contributed by atoms with Crippen molar-refractivity contribution in [3.05, 3.63) is 64.2 Å². The number of hydrogen-bond donors (Lipinski definition) is 1. The molecule has 3 aromatic rings. The standard InChI is InChI=1S/C25H31N5OS.ClH/c1-18-21-6-4-5-7-22(21)32-23(18)17-29(3)24(31)9-8-19-14-20(25(26)27-15-19)16-30-12-10-28(2)11-13-30;/h4-9,14-15H,10-13,16-17H2,1-3H3,(H2,26,27);1H/b9-8+;. The highest BCUT2D eigenvalue weighted by molar-refractivity contribution is 7.19. The predicted molar refractivity (Wildman–Crippen MR) is 141 cm³/mol. The Kier molecular flexibility index (Phi) is 8.48. The van der Waals surface area contributed by atoms with Gasteiger partial charge in [-0.2, -0.15) is 0 Å². The normalized spacial score (nSPS) is 15.1. The van der Waals surface area contributed by atoms with Gasteiger partial charge in [-0.1, -0.05) is 18.2 Å². The maximum atomic E-state index is 12.7. The topological polar surface area (TPSA) is 65.7 Å². The molecule has 0 bridgehead atoms. The molecule has 0 unspecified atom stereocenters. The van der Waals surface area contributed by atoms with E-state index in [9.17, 15) is 4.79 Å². The Morgan fingerprint density at radius 2 is 1.97 bits per heavy atom. The summed E-state index contributed by atoms with van der Waals surface area (Å²) in [6.45, 7) is 7.69. The van der Waals surface area contributed by atoms with Crippen molar-refractivity contribution in [3.63, 3.8) is 0 Å². The van der Waals surface area contributed by atoms with Crippen molar-refractivity contribution in [2.45, 2.75) is 20.0 Å². The number of carbonyl (C=O) groups excluding carboxylic acids is 1. The largest absolute Gasteiger partial charge is 0.383 e. The number of piperazine rings is 1. The van der Waals surface area contributed by atoms with E-state index in [1.165, 1.54) is 20.5 Å². The number of anilines is 1. The molecule has 0 atom stereocenters. The molecule has 1 aliphatic heterocycles. The van der Waals surface area contributed by atoms with E-state index in [2.05, 4.69) is 53.0 Å². The van der Waals surface area contributed by atoms with Gasteiger partial charge in [0.15, 0.2) is 0 Å². The summed E-state index contributed by atoms with van der Waals surface area (Å²) < 4.78 is 1.26. The molecule has 1 aliphatic rings. The highest BCUT2D eigenvalue weighted by atomic mass is 35.5. The molecule has 1 amide bonds. The average molecular weight is 486 g/mol. The summed E-state index contributed by atoms with van der Waals surface area (Å²) in [5.74, 6) is 0.532. The van der Waals surface area contributed by atoms with E-state index in [0.717, 1.165) is 43.9 Å². The predicted octanol–water partition coefficient (Wildman–Crippen LogP) is 4.03. The summed E-state index contributed by atoms with van der Waals surface area (Å²) >= 11 is 1.75. The van der Waals surface area contributed by atoms with Crippen molar-refractivity contribution < 1.29 is 4.79 Å². The van der Waals surface area contributed by atoms with Gasteiger partial charge in [0.25, 0.3) is 0 Å². The zero-order chi connectivity index (χ0) is 22.7. The van der Waals surface area contributed by atoms with Crippen LogP contribution in [0.1, 0.15) is 21.6 Å². The molecule has 4 rings (SSSR count). The first-order valence-electron chi connectivity index (χ1n) is 11.0. The number of fused-ring (bicyclic) bond motifs is 1. The number of carbonyl (C=O) groups is 1. The van der Waals surface area contributed by atoms with Crippen LogP contribution in [0.2, 0.25) is 0 Å². The number of halogens is 1. The Labute approximate surface area is 206 Å². The van der Waals surface area contributed by atoms with Crippen LogP contribution in [0.5, 0.6) is 0 Å². The lowest BCUT2D eigenvalue weighted by atomic mass is 10.1. The molecule has 0 spiro atoms. The molecule has 176 valence electrons. The Balaban J connectivity index is 0.00000306. The zero-order valence-electron chi connectivity index (χ0n) is 19.5. The van der Waals surface area contributed by atoms with Crippen molar-refractivity contribution in [2.24, 2.45) is 0 Å². The van der Waals surface area contributed by atoms with Gasteiger partial charge in [-0.05, 0) is 48.7 Å². The van der Waals surface area contributed by atoms with Crippen molar-refractivity contribution in [3.8, 4) is 0 Å². The maximum absolute atomic E-state index is 12.7. The van der Waals surface area contributed by atoms with Gasteiger partial charge < -0.3 is 15.5 Å². The van der Waals surface area contributed by atoms with Gasteiger partial charge in [-0.15, -0.1) is 23.7 Å². The Bertz CT molecular complexity index is 1140. The molecular formula is C25H32ClN5OS. The third-order valence-electron chi connectivity index (χ3n) is 6.13. The highest BCUT2D eigenvalue weighted by Crippen LogP contribution is 2.31. The van der Waals surface area contributed by atoms with E-state index in [1.54, 1.807) is 28.5 Å². The van der Waals surface area contributed by atoms with Gasteiger partial charge in [0.05, 0.1) is 6.54 Å². The van der Waals surface area contributed by atoms with Crippen LogP contribution in [0.3, 0.4) is 0 Å². The number of amides is 1. The molecule has 33 heavy (non-hydrogen) atoms. The number of nitrogen functional groups attached to an aromatic ring is 1. The molecule has 3 heterocycles. The van der Waals surface area contributed by atoms with Crippen molar-refractivity contribution >= 4 is 51.6 Å². The van der Waals surface area contributed by atoms with Gasteiger partial charge in [-0.3, -0.25) is 9.69 Å². The molecule has 6 nitrogen and oxygen atoms in total. The van der Waals surface area contributed by atoms with Crippen molar-refractivity contribution in [1.29, 1.82) is 0 Å². The zero-order valence-corrected chi connectivity index (χ0v) is 21.1. The molecule has 0 radical (unpaired) electrons. The first-order chi connectivity index (χ1) is 15.4. The minimum Gasteiger partial charge on any atom is -0.383 e. The Hall–Kier alpha value is -2.45. The summed E-state index contributed by atoms with van der Waals surface area (Å²) in [6, 6.07) is 10.4. The number of rotatable bonds is 6. The first kappa shape index (κ1) is 25.2. The molecule has 1 saturated heterocycles. The van der Waals surface area contributed by atoms with E-state index < -0.39 is 0 Å². The second-order valence-electron chi connectivity index (χ2n) is 8.57. The smallest absolute Gasteiger partial charge is 0.246 e. The lowest BCUT2D eigenvalue weighted by Crippen LogP contribution is -2.44. The molecule has 2 aromatic heterocycles. The fourth-order valence-electron chi connectivity index (χ4n) is 3.97. The SMILES string of the molecule is Cc1c(CN(C)C(=O)/C=C/c2cnc(N)c(CN3CCN(C)CC3)c2)sc2ccccc12.Cl. The number of pyridine rings is 1.